The van der Waals surface area contributed by atoms with Gasteiger partial charge in [-0.2, -0.15) is 0 Å². The monoisotopic (exact) mass is 225 g/mol. The Morgan fingerprint density at radius 1 is 1.60 bits per heavy atom. The summed E-state index contributed by atoms with van der Waals surface area (Å²) in [7, 11) is 0. The van der Waals surface area contributed by atoms with E-state index in [9.17, 15) is 9.90 Å². The van der Waals surface area contributed by atoms with Crippen molar-refractivity contribution in [2.24, 2.45) is 0 Å². The summed E-state index contributed by atoms with van der Waals surface area (Å²) in [4.78, 5) is 15.1. The number of nitrogens with zero attached hydrogens (tertiary/aromatic N) is 1. The maximum Gasteiger partial charge on any atom is 0.339 e. The molecule has 2 rings (SSSR count). The van der Waals surface area contributed by atoms with Crippen LogP contribution in [0.2, 0.25) is 0 Å². The van der Waals surface area contributed by atoms with Crippen LogP contribution in [0.25, 0.3) is 0 Å². The summed E-state index contributed by atoms with van der Waals surface area (Å²) in [5.41, 5.74) is 1.53. The van der Waals surface area contributed by atoms with E-state index in [0.717, 1.165) is 0 Å². The average molecular weight is 225 g/mol. The van der Waals surface area contributed by atoms with Crippen molar-refractivity contribution < 1.29 is 19.4 Å². The summed E-state index contributed by atoms with van der Waals surface area (Å²) < 4.78 is 4.96. The number of rotatable bonds is 3. The first-order valence-electron chi connectivity index (χ1n) is 4.07. The van der Waals surface area contributed by atoms with E-state index in [4.69, 9.17) is 9.52 Å². The van der Waals surface area contributed by atoms with Crippen molar-refractivity contribution in [3.8, 4) is 0 Å². The number of carboxylic acid groups (broad SMARTS) is 1. The number of carboxylic acids is 1. The van der Waals surface area contributed by atoms with Gasteiger partial charge in [-0.3, -0.25) is 4.98 Å². The first kappa shape index (κ1) is 9.88. The molecule has 1 unspecified atom stereocenters. The van der Waals surface area contributed by atoms with Crippen LogP contribution in [0, 0.1) is 0 Å². The minimum atomic E-state index is -1.12. The second kappa shape index (κ2) is 3.84. The van der Waals surface area contributed by atoms with Gasteiger partial charge in [0.05, 0.1) is 16.7 Å². The average Bonchev–Trinajstić information content (AvgIpc) is 2.88. The molecule has 0 saturated carbocycles. The molecule has 6 heteroatoms. The maximum atomic E-state index is 10.8. The van der Waals surface area contributed by atoms with Crippen LogP contribution < -0.4 is 0 Å². The highest BCUT2D eigenvalue weighted by atomic mass is 32.1. The summed E-state index contributed by atoms with van der Waals surface area (Å²) in [5.74, 6) is -1.09. The molecule has 5 nitrogen and oxygen atoms in total. The van der Waals surface area contributed by atoms with Crippen LogP contribution in [-0.2, 0) is 0 Å². The molecule has 0 bridgehead atoms. The van der Waals surface area contributed by atoms with Crippen molar-refractivity contribution in [2.45, 2.75) is 6.10 Å². The lowest BCUT2D eigenvalue weighted by atomic mass is 10.1. The lowest BCUT2D eigenvalue weighted by Gasteiger charge is -2.05. The quantitative estimate of drug-likeness (QED) is 0.827. The van der Waals surface area contributed by atoms with E-state index in [-0.39, 0.29) is 11.3 Å². The number of aliphatic hydroxyl groups is 1. The Balaban J connectivity index is 2.37. The maximum absolute atomic E-state index is 10.8. The summed E-state index contributed by atoms with van der Waals surface area (Å²) in [5, 5.41) is 18.6. The van der Waals surface area contributed by atoms with Crippen LogP contribution in [0.5, 0.6) is 0 Å². The molecule has 0 saturated heterocycles. The van der Waals surface area contributed by atoms with Gasteiger partial charge in [-0.15, -0.1) is 11.3 Å². The zero-order valence-electron chi connectivity index (χ0n) is 7.45. The molecule has 15 heavy (non-hydrogen) atoms. The van der Waals surface area contributed by atoms with Gasteiger partial charge in [-0.1, -0.05) is 0 Å². The lowest BCUT2D eigenvalue weighted by molar-refractivity contribution is 0.0688. The molecule has 1 atom stereocenters. The number of hydrogen-bond donors (Lipinski definition) is 2. The molecule has 0 aliphatic rings. The predicted molar refractivity (Wildman–Crippen MR) is 51.8 cm³/mol. The molecule has 2 aromatic rings. The summed E-state index contributed by atoms with van der Waals surface area (Å²) in [6, 6.07) is 1.31. The number of carbonyl (C=O) groups is 1. The van der Waals surface area contributed by atoms with Crippen molar-refractivity contribution in [2.75, 3.05) is 0 Å². The molecule has 0 aromatic carbocycles. The van der Waals surface area contributed by atoms with Gasteiger partial charge < -0.3 is 14.6 Å². The molecule has 0 amide bonds. The van der Waals surface area contributed by atoms with E-state index in [1.165, 1.54) is 29.9 Å². The minimum absolute atomic E-state index is 0.0316. The highest BCUT2D eigenvalue weighted by Gasteiger charge is 2.22. The standard InChI is InChI=1S/C9H7NO4S/c11-7(6-3-10-4-15-6)8-5(9(12)13)1-2-14-8/h1-4,7,11H,(H,12,13). The van der Waals surface area contributed by atoms with Gasteiger partial charge in [-0.25, -0.2) is 4.79 Å². The number of furan rings is 1. The zero-order valence-corrected chi connectivity index (χ0v) is 8.27. The SMILES string of the molecule is O=C(O)c1ccoc1C(O)c1cncs1. The molecule has 0 aliphatic carbocycles. The zero-order chi connectivity index (χ0) is 10.8. The van der Waals surface area contributed by atoms with Crippen molar-refractivity contribution in [1.82, 2.24) is 4.98 Å². The van der Waals surface area contributed by atoms with Gasteiger partial charge in [-0.05, 0) is 6.07 Å². The van der Waals surface area contributed by atoms with Crippen molar-refractivity contribution >= 4 is 17.3 Å². The molecule has 2 aromatic heterocycles. The van der Waals surface area contributed by atoms with Gasteiger partial charge >= 0.3 is 5.97 Å². The van der Waals surface area contributed by atoms with Gasteiger partial charge in [0.2, 0.25) is 0 Å². The fraction of sp³-hybridized carbons (Fsp3) is 0.111. The fourth-order valence-corrected chi connectivity index (χ4v) is 1.80. The van der Waals surface area contributed by atoms with Crippen molar-refractivity contribution in [3.05, 3.63) is 40.2 Å². The Morgan fingerprint density at radius 3 is 3.00 bits per heavy atom. The Morgan fingerprint density at radius 2 is 2.40 bits per heavy atom. The van der Waals surface area contributed by atoms with Gasteiger partial charge in [0, 0.05) is 6.20 Å². The Bertz CT molecular complexity index is 462. The third-order valence-corrected chi connectivity index (χ3v) is 2.72. The fourth-order valence-electron chi connectivity index (χ4n) is 1.20. The first-order valence-corrected chi connectivity index (χ1v) is 4.95. The molecule has 0 radical (unpaired) electrons. The molecular formula is C9H7NO4S. The number of aromatic carboxylic acids is 1. The second-order valence-corrected chi connectivity index (χ2v) is 3.73. The number of thiazole rings is 1. The van der Waals surface area contributed by atoms with Crippen LogP contribution >= 0.6 is 11.3 Å². The highest BCUT2D eigenvalue weighted by molar-refractivity contribution is 7.09. The molecule has 2 N–H and O–H groups in total. The molecule has 2 heterocycles. The predicted octanol–water partition coefficient (Wildman–Crippen LogP) is 1.52. The Kier molecular flexibility index (Phi) is 2.53. The minimum Gasteiger partial charge on any atom is -0.478 e. The summed E-state index contributed by atoms with van der Waals surface area (Å²) >= 11 is 1.24. The number of aromatic nitrogens is 1. The largest absolute Gasteiger partial charge is 0.478 e. The molecule has 0 spiro atoms. The normalized spacial score (nSPS) is 12.6. The lowest BCUT2D eigenvalue weighted by Crippen LogP contribution is -2.04. The third-order valence-electron chi connectivity index (χ3n) is 1.89. The van der Waals surface area contributed by atoms with Gasteiger partial charge in [0.1, 0.15) is 11.7 Å². The van der Waals surface area contributed by atoms with E-state index in [1.54, 1.807) is 5.51 Å². The van der Waals surface area contributed by atoms with Gasteiger partial charge in [0.15, 0.2) is 5.76 Å². The number of hydrogen-bond acceptors (Lipinski definition) is 5. The number of aliphatic hydroxyl groups excluding tert-OH is 1. The third kappa shape index (κ3) is 1.77. The second-order valence-electron chi connectivity index (χ2n) is 2.81. The molecule has 78 valence electrons. The smallest absolute Gasteiger partial charge is 0.339 e. The highest BCUT2D eigenvalue weighted by Crippen LogP contribution is 2.27. The Hall–Kier alpha value is -1.66. The molecule has 0 aliphatic heterocycles. The van der Waals surface area contributed by atoms with Crippen LogP contribution in [0.15, 0.2) is 28.5 Å². The van der Waals surface area contributed by atoms with Crippen LogP contribution in [0.1, 0.15) is 27.1 Å². The first-order chi connectivity index (χ1) is 7.20. The van der Waals surface area contributed by atoms with Crippen LogP contribution in [0.4, 0.5) is 0 Å². The van der Waals surface area contributed by atoms with Crippen LogP contribution in [0.3, 0.4) is 0 Å². The van der Waals surface area contributed by atoms with Crippen molar-refractivity contribution in [3.63, 3.8) is 0 Å². The summed E-state index contributed by atoms with van der Waals surface area (Å²) in [6.45, 7) is 0. The van der Waals surface area contributed by atoms with E-state index in [1.807, 2.05) is 0 Å². The van der Waals surface area contributed by atoms with E-state index >= 15 is 0 Å². The topological polar surface area (TPSA) is 83.6 Å². The van der Waals surface area contributed by atoms with Gasteiger partial charge in [0.25, 0.3) is 0 Å². The molecular weight excluding hydrogens is 218 g/mol. The van der Waals surface area contributed by atoms with E-state index in [0.29, 0.717) is 4.88 Å². The van der Waals surface area contributed by atoms with Crippen LogP contribution in [-0.4, -0.2) is 21.2 Å². The Labute approximate surface area is 88.6 Å². The summed E-state index contributed by atoms with van der Waals surface area (Å²) in [6.07, 6.45) is 1.64. The van der Waals surface area contributed by atoms with Crippen molar-refractivity contribution in [1.29, 1.82) is 0 Å². The van der Waals surface area contributed by atoms with E-state index in [2.05, 4.69) is 4.98 Å². The van der Waals surface area contributed by atoms with E-state index < -0.39 is 12.1 Å². The molecule has 0 fully saturated rings.